The Bertz CT molecular complexity index is 1140. The van der Waals surface area contributed by atoms with Crippen LogP contribution in [0.15, 0.2) is 66.7 Å². The monoisotopic (exact) mass is 486 g/mol. The van der Waals surface area contributed by atoms with Crippen molar-refractivity contribution in [2.75, 3.05) is 18.2 Å². The molecule has 8 heteroatoms. The van der Waals surface area contributed by atoms with Crippen LogP contribution >= 0.6 is 35.0 Å². The Labute approximate surface area is 200 Å². The lowest BCUT2D eigenvalue weighted by molar-refractivity contribution is -0.128. The Hall–Kier alpha value is -2.67. The van der Waals surface area contributed by atoms with Crippen LogP contribution in [0.2, 0.25) is 10.0 Å². The van der Waals surface area contributed by atoms with Gasteiger partial charge in [-0.3, -0.25) is 9.59 Å². The summed E-state index contributed by atoms with van der Waals surface area (Å²) < 4.78 is 5.13. The third-order valence-corrected chi connectivity index (χ3v) is 6.91. The summed E-state index contributed by atoms with van der Waals surface area (Å²) >= 11 is 13.7. The van der Waals surface area contributed by atoms with Crippen LogP contribution < -0.4 is 10.1 Å². The molecule has 1 atom stereocenters. The molecule has 0 spiro atoms. The lowest BCUT2D eigenvalue weighted by Crippen LogP contribution is -2.27. The second kappa shape index (κ2) is 9.86. The molecule has 1 aliphatic rings. The van der Waals surface area contributed by atoms with E-state index in [1.807, 2.05) is 41.3 Å². The Morgan fingerprint density at radius 2 is 1.81 bits per heavy atom. The summed E-state index contributed by atoms with van der Waals surface area (Å²) in [6.45, 7) is 0.508. The maximum Gasteiger partial charge on any atom is 0.255 e. The fourth-order valence-electron chi connectivity index (χ4n) is 3.43. The number of carbonyl (C=O) groups is 2. The van der Waals surface area contributed by atoms with Gasteiger partial charge in [0.1, 0.15) is 11.1 Å². The highest BCUT2D eigenvalue weighted by Gasteiger charge is 2.32. The van der Waals surface area contributed by atoms with Gasteiger partial charge in [-0.15, -0.1) is 11.8 Å². The average Bonchev–Trinajstić information content (AvgIpc) is 3.15. The van der Waals surface area contributed by atoms with Crippen molar-refractivity contribution in [3.63, 3.8) is 0 Å². The zero-order valence-corrected chi connectivity index (χ0v) is 19.5. The zero-order chi connectivity index (χ0) is 22.7. The van der Waals surface area contributed by atoms with Gasteiger partial charge in [-0.1, -0.05) is 47.5 Å². The molecule has 164 valence electrons. The van der Waals surface area contributed by atoms with E-state index in [0.29, 0.717) is 39.3 Å². The molecule has 1 aliphatic heterocycles. The number of halogens is 2. The first-order valence-electron chi connectivity index (χ1n) is 9.85. The number of amides is 2. The molecule has 0 aromatic heterocycles. The topological polar surface area (TPSA) is 58.6 Å². The Kier molecular flexibility index (Phi) is 6.94. The molecule has 1 heterocycles. The summed E-state index contributed by atoms with van der Waals surface area (Å²) in [4.78, 5) is 27.0. The van der Waals surface area contributed by atoms with E-state index in [1.165, 1.54) is 7.11 Å². The van der Waals surface area contributed by atoms with Gasteiger partial charge in [-0.2, -0.15) is 0 Å². The number of hydrogen-bond acceptors (Lipinski definition) is 4. The van der Waals surface area contributed by atoms with Crippen LogP contribution in [-0.2, 0) is 11.3 Å². The number of nitrogens with one attached hydrogen (secondary N) is 1. The van der Waals surface area contributed by atoms with E-state index in [0.717, 1.165) is 11.1 Å². The Morgan fingerprint density at radius 3 is 2.47 bits per heavy atom. The van der Waals surface area contributed by atoms with Gasteiger partial charge in [0.25, 0.3) is 5.91 Å². The first-order valence-corrected chi connectivity index (χ1v) is 11.7. The standard InChI is InChI=1S/C24H20Cl2N2O3S/c1-31-21-11-10-19(12-20(21)26)27-23(30)16-4-6-17(7-5-16)24-28(22(29)14-32-24)13-15-2-8-18(25)9-3-15/h2-12,24H,13-14H2,1H3,(H,27,30)/t24-/m1/s1. The van der Waals surface area contributed by atoms with E-state index in [1.54, 1.807) is 42.1 Å². The van der Waals surface area contributed by atoms with Gasteiger partial charge in [0.05, 0.1) is 17.9 Å². The first kappa shape index (κ1) is 22.5. The fraction of sp³-hybridized carbons (Fsp3) is 0.167. The normalized spacial score (nSPS) is 15.7. The molecule has 2 amide bonds. The van der Waals surface area contributed by atoms with Crippen molar-refractivity contribution in [2.24, 2.45) is 0 Å². The molecule has 3 aromatic carbocycles. The third kappa shape index (κ3) is 5.04. The predicted octanol–water partition coefficient (Wildman–Crippen LogP) is 6.03. The highest BCUT2D eigenvalue weighted by Crippen LogP contribution is 2.39. The number of anilines is 1. The van der Waals surface area contributed by atoms with Crippen molar-refractivity contribution >= 4 is 52.5 Å². The minimum atomic E-state index is -0.244. The van der Waals surface area contributed by atoms with Crippen molar-refractivity contribution in [2.45, 2.75) is 11.9 Å². The molecule has 0 radical (unpaired) electrons. The smallest absolute Gasteiger partial charge is 0.255 e. The van der Waals surface area contributed by atoms with Crippen LogP contribution in [0.25, 0.3) is 0 Å². The van der Waals surface area contributed by atoms with Gasteiger partial charge in [-0.05, 0) is 53.6 Å². The number of rotatable bonds is 6. The van der Waals surface area contributed by atoms with Gasteiger partial charge >= 0.3 is 0 Å². The minimum Gasteiger partial charge on any atom is -0.495 e. The van der Waals surface area contributed by atoms with Crippen molar-refractivity contribution in [3.8, 4) is 5.75 Å². The second-order valence-corrected chi connectivity index (χ2v) is 9.15. The van der Waals surface area contributed by atoms with Crippen LogP contribution in [0.5, 0.6) is 5.75 Å². The van der Waals surface area contributed by atoms with Gasteiger partial charge in [-0.25, -0.2) is 0 Å². The van der Waals surface area contributed by atoms with Crippen LogP contribution in [-0.4, -0.2) is 29.6 Å². The molecule has 1 N–H and O–H groups in total. The minimum absolute atomic E-state index is 0.0909. The first-order chi connectivity index (χ1) is 15.4. The summed E-state index contributed by atoms with van der Waals surface area (Å²) in [5.41, 5.74) is 3.08. The lowest BCUT2D eigenvalue weighted by Gasteiger charge is -2.24. The molecule has 1 fully saturated rings. The van der Waals surface area contributed by atoms with Crippen LogP contribution in [0, 0.1) is 0 Å². The SMILES string of the molecule is COc1ccc(NC(=O)c2ccc([C@H]3SCC(=O)N3Cc3ccc(Cl)cc3)cc2)cc1Cl. The highest BCUT2D eigenvalue weighted by molar-refractivity contribution is 8.00. The summed E-state index contributed by atoms with van der Waals surface area (Å²) in [6.07, 6.45) is 0. The van der Waals surface area contributed by atoms with Crippen molar-refractivity contribution < 1.29 is 14.3 Å². The summed E-state index contributed by atoms with van der Waals surface area (Å²) in [5.74, 6) is 0.818. The van der Waals surface area contributed by atoms with E-state index in [4.69, 9.17) is 27.9 Å². The van der Waals surface area contributed by atoms with Crippen LogP contribution in [0.3, 0.4) is 0 Å². The molecule has 4 rings (SSSR count). The number of hydrogen-bond donors (Lipinski definition) is 1. The van der Waals surface area contributed by atoms with E-state index in [9.17, 15) is 9.59 Å². The molecule has 32 heavy (non-hydrogen) atoms. The fourth-order valence-corrected chi connectivity index (χ4v) is 5.01. The molecule has 0 aliphatic carbocycles. The largest absolute Gasteiger partial charge is 0.495 e. The number of thioether (sulfide) groups is 1. The number of nitrogens with zero attached hydrogens (tertiary/aromatic N) is 1. The zero-order valence-electron chi connectivity index (χ0n) is 17.2. The van der Waals surface area contributed by atoms with Gasteiger partial charge in [0.15, 0.2) is 0 Å². The predicted molar refractivity (Wildman–Crippen MR) is 130 cm³/mol. The second-order valence-electron chi connectivity index (χ2n) is 7.24. The summed E-state index contributed by atoms with van der Waals surface area (Å²) in [6, 6.07) is 19.9. The van der Waals surface area contributed by atoms with E-state index in [2.05, 4.69) is 5.32 Å². The van der Waals surface area contributed by atoms with Crippen molar-refractivity contribution in [3.05, 3.63) is 93.5 Å². The number of ether oxygens (including phenoxy) is 1. The summed E-state index contributed by atoms with van der Waals surface area (Å²) in [7, 11) is 1.54. The number of methoxy groups -OCH3 is 1. The number of benzene rings is 3. The number of carbonyl (C=O) groups excluding carboxylic acids is 2. The lowest BCUT2D eigenvalue weighted by atomic mass is 10.1. The quantitative estimate of drug-likeness (QED) is 0.462. The van der Waals surface area contributed by atoms with Crippen molar-refractivity contribution in [1.29, 1.82) is 0 Å². The van der Waals surface area contributed by atoms with Gasteiger partial charge in [0.2, 0.25) is 5.91 Å². The molecule has 0 saturated carbocycles. The van der Waals surface area contributed by atoms with Crippen LogP contribution in [0.1, 0.15) is 26.9 Å². The Morgan fingerprint density at radius 1 is 1.09 bits per heavy atom. The summed E-state index contributed by atoms with van der Waals surface area (Å²) in [5, 5.41) is 3.82. The van der Waals surface area contributed by atoms with Crippen molar-refractivity contribution in [1.82, 2.24) is 4.90 Å². The Balaban J connectivity index is 1.46. The van der Waals surface area contributed by atoms with E-state index in [-0.39, 0.29) is 17.2 Å². The van der Waals surface area contributed by atoms with Gasteiger partial charge in [0, 0.05) is 22.8 Å². The maximum atomic E-state index is 12.6. The maximum absolute atomic E-state index is 12.6. The van der Waals surface area contributed by atoms with E-state index < -0.39 is 0 Å². The van der Waals surface area contributed by atoms with Gasteiger partial charge < -0.3 is 15.0 Å². The van der Waals surface area contributed by atoms with E-state index >= 15 is 0 Å². The molecule has 0 bridgehead atoms. The third-order valence-electron chi connectivity index (χ3n) is 5.10. The molecule has 3 aromatic rings. The van der Waals surface area contributed by atoms with Crippen LogP contribution in [0.4, 0.5) is 5.69 Å². The molecule has 1 saturated heterocycles. The highest BCUT2D eigenvalue weighted by atomic mass is 35.5. The molecular formula is C24H20Cl2N2O3S. The molecule has 5 nitrogen and oxygen atoms in total. The molecule has 0 unspecified atom stereocenters. The molecular weight excluding hydrogens is 467 g/mol. The average molecular weight is 487 g/mol.